The zero-order valence-corrected chi connectivity index (χ0v) is 17.3. The van der Waals surface area contributed by atoms with Crippen LogP contribution in [-0.4, -0.2) is 15.5 Å². The molecular formula is C21H29NO3S. The Balaban J connectivity index is 2.24. The molecule has 5 heteroatoms. The summed E-state index contributed by atoms with van der Waals surface area (Å²) in [5, 5.41) is 0. The first kappa shape index (κ1) is 20.5. The van der Waals surface area contributed by atoms with Crippen molar-refractivity contribution < 1.29 is 13.2 Å². The van der Waals surface area contributed by atoms with Gasteiger partial charge in [0.05, 0.1) is 12.9 Å². The molecule has 4 nitrogen and oxygen atoms in total. The van der Waals surface area contributed by atoms with Crippen LogP contribution in [0.1, 0.15) is 60.5 Å². The minimum atomic E-state index is -3.44. The van der Waals surface area contributed by atoms with Crippen molar-refractivity contribution in [1.29, 1.82) is 0 Å². The fourth-order valence-electron chi connectivity index (χ4n) is 3.09. The number of hydrogen-bond donors (Lipinski definition) is 1. The molecule has 0 radical (unpaired) electrons. The number of methoxy groups -OCH3 is 1. The van der Waals surface area contributed by atoms with E-state index in [2.05, 4.69) is 24.6 Å². The van der Waals surface area contributed by atoms with Crippen molar-refractivity contribution in [3.05, 3.63) is 64.2 Å². The second-order valence-electron chi connectivity index (χ2n) is 7.19. The summed E-state index contributed by atoms with van der Waals surface area (Å²) in [5.74, 6) is 1.11. The van der Waals surface area contributed by atoms with Crippen molar-refractivity contribution >= 4 is 10.0 Å². The average Bonchev–Trinajstić information content (AvgIpc) is 2.55. The number of benzene rings is 2. The van der Waals surface area contributed by atoms with Gasteiger partial charge < -0.3 is 4.74 Å². The van der Waals surface area contributed by atoms with Gasteiger partial charge in [0.25, 0.3) is 0 Å². The number of ether oxygens (including phenoxy) is 1. The highest BCUT2D eigenvalue weighted by Gasteiger charge is 2.20. The van der Waals surface area contributed by atoms with Gasteiger partial charge in [0.15, 0.2) is 0 Å². The summed E-state index contributed by atoms with van der Waals surface area (Å²) in [6, 6.07) is 11.3. The van der Waals surface area contributed by atoms with Crippen LogP contribution >= 0.6 is 0 Å². The Kier molecular flexibility index (Phi) is 6.48. The lowest BCUT2D eigenvalue weighted by molar-refractivity contribution is 0.406. The smallest absolute Gasteiger partial charge is 0.216 e. The van der Waals surface area contributed by atoms with Gasteiger partial charge in [-0.1, -0.05) is 43.7 Å². The SMILES string of the molecule is COc1cc(C)c([C@@H](C)NS(=O)(=O)Cc2ccc(C)cc2)cc1C(C)C. The van der Waals surface area contributed by atoms with Crippen molar-refractivity contribution in [2.45, 2.75) is 52.3 Å². The maximum absolute atomic E-state index is 12.6. The summed E-state index contributed by atoms with van der Waals surface area (Å²) in [4.78, 5) is 0. The highest BCUT2D eigenvalue weighted by molar-refractivity contribution is 7.88. The first-order valence-corrected chi connectivity index (χ1v) is 10.5. The fraction of sp³-hybridized carbons (Fsp3) is 0.429. The molecule has 0 bridgehead atoms. The number of hydrogen-bond acceptors (Lipinski definition) is 3. The molecule has 0 aliphatic rings. The van der Waals surface area contributed by atoms with E-state index in [0.29, 0.717) is 5.92 Å². The highest BCUT2D eigenvalue weighted by atomic mass is 32.2. The molecule has 0 aromatic heterocycles. The second-order valence-corrected chi connectivity index (χ2v) is 8.94. The van der Waals surface area contributed by atoms with Crippen LogP contribution in [0.5, 0.6) is 5.75 Å². The van der Waals surface area contributed by atoms with Crippen LogP contribution < -0.4 is 9.46 Å². The van der Waals surface area contributed by atoms with Crippen LogP contribution in [0.2, 0.25) is 0 Å². The molecule has 142 valence electrons. The van der Waals surface area contributed by atoms with Crippen molar-refractivity contribution in [1.82, 2.24) is 4.72 Å². The van der Waals surface area contributed by atoms with Crippen LogP contribution in [0.25, 0.3) is 0 Å². The van der Waals surface area contributed by atoms with Gasteiger partial charge in [0.2, 0.25) is 10.0 Å². The number of sulfonamides is 1. The monoisotopic (exact) mass is 375 g/mol. The third kappa shape index (κ3) is 5.08. The summed E-state index contributed by atoms with van der Waals surface area (Å²) in [6.07, 6.45) is 0. The van der Waals surface area contributed by atoms with Crippen LogP contribution in [0.4, 0.5) is 0 Å². The molecule has 0 heterocycles. The summed E-state index contributed by atoms with van der Waals surface area (Å²) in [7, 11) is -1.78. The van der Waals surface area contributed by atoms with E-state index in [9.17, 15) is 8.42 Å². The molecule has 26 heavy (non-hydrogen) atoms. The standard InChI is InChI=1S/C21H29NO3S/c1-14(2)19-12-20(16(4)11-21(19)25-6)17(5)22-26(23,24)13-18-9-7-15(3)8-10-18/h7-12,14,17,22H,13H2,1-6H3/t17-/m1/s1. The lowest BCUT2D eigenvalue weighted by Crippen LogP contribution is -2.28. The van der Waals surface area contributed by atoms with Crippen molar-refractivity contribution in [3.63, 3.8) is 0 Å². The first-order chi connectivity index (χ1) is 12.1. The van der Waals surface area contributed by atoms with E-state index >= 15 is 0 Å². The maximum Gasteiger partial charge on any atom is 0.216 e. The Morgan fingerprint density at radius 3 is 2.15 bits per heavy atom. The number of nitrogens with one attached hydrogen (secondary N) is 1. The Morgan fingerprint density at radius 2 is 1.62 bits per heavy atom. The molecule has 0 aliphatic carbocycles. The topological polar surface area (TPSA) is 55.4 Å². The van der Waals surface area contributed by atoms with E-state index in [4.69, 9.17) is 4.74 Å². The van der Waals surface area contributed by atoms with Crippen molar-refractivity contribution in [2.24, 2.45) is 0 Å². The third-order valence-corrected chi connectivity index (χ3v) is 5.97. The molecular weight excluding hydrogens is 346 g/mol. The van der Waals surface area contributed by atoms with E-state index in [-0.39, 0.29) is 11.8 Å². The number of rotatable bonds is 7. The molecule has 0 fully saturated rings. The zero-order valence-electron chi connectivity index (χ0n) is 16.5. The second kappa shape index (κ2) is 8.23. The van der Waals surface area contributed by atoms with E-state index in [0.717, 1.165) is 33.6 Å². The van der Waals surface area contributed by atoms with Gasteiger partial charge in [-0.15, -0.1) is 0 Å². The predicted octanol–water partition coefficient (Wildman–Crippen LogP) is 4.62. The molecule has 1 atom stereocenters. The largest absolute Gasteiger partial charge is 0.496 e. The predicted molar refractivity (Wildman–Crippen MR) is 107 cm³/mol. The Labute approximate surface area is 157 Å². The number of aryl methyl sites for hydroxylation is 2. The Morgan fingerprint density at radius 1 is 1.00 bits per heavy atom. The molecule has 1 N–H and O–H groups in total. The van der Waals surface area contributed by atoms with Gasteiger partial charge in [-0.2, -0.15) is 0 Å². The molecule has 2 aromatic carbocycles. The van der Waals surface area contributed by atoms with Crippen molar-refractivity contribution in [2.75, 3.05) is 7.11 Å². The van der Waals surface area contributed by atoms with Gasteiger partial charge in [0.1, 0.15) is 5.75 Å². The summed E-state index contributed by atoms with van der Waals surface area (Å²) >= 11 is 0. The van der Waals surface area contributed by atoms with Gasteiger partial charge >= 0.3 is 0 Å². The van der Waals surface area contributed by atoms with E-state index in [1.54, 1.807) is 7.11 Å². The molecule has 2 rings (SSSR count). The quantitative estimate of drug-likeness (QED) is 0.768. The van der Waals surface area contributed by atoms with Crippen LogP contribution in [0.15, 0.2) is 36.4 Å². The van der Waals surface area contributed by atoms with Crippen molar-refractivity contribution in [3.8, 4) is 5.75 Å². The van der Waals surface area contributed by atoms with Crippen LogP contribution in [-0.2, 0) is 15.8 Å². The van der Waals surface area contributed by atoms with E-state index in [1.165, 1.54) is 0 Å². The first-order valence-electron chi connectivity index (χ1n) is 8.87. The van der Waals surface area contributed by atoms with Gasteiger partial charge in [-0.3, -0.25) is 0 Å². The zero-order chi connectivity index (χ0) is 19.5. The van der Waals surface area contributed by atoms with E-state index < -0.39 is 10.0 Å². The van der Waals surface area contributed by atoms with Gasteiger partial charge in [-0.25, -0.2) is 13.1 Å². The normalized spacial score (nSPS) is 13.0. The third-order valence-electron chi connectivity index (χ3n) is 4.54. The lowest BCUT2D eigenvalue weighted by Gasteiger charge is -2.21. The Hall–Kier alpha value is -1.85. The summed E-state index contributed by atoms with van der Waals surface area (Å²) in [5.41, 5.74) is 4.96. The molecule has 0 aliphatic heterocycles. The van der Waals surface area contributed by atoms with Crippen LogP contribution in [0.3, 0.4) is 0 Å². The Bertz CT molecular complexity index is 856. The fourth-order valence-corrected chi connectivity index (χ4v) is 4.47. The molecule has 0 amide bonds. The van der Waals surface area contributed by atoms with Gasteiger partial charge in [-0.05, 0) is 61.1 Å². The molecule has 0 unspecified atom stereocenters. The summed E-state index contributed by atoms with van der Waals surface area (Å²) in [6.45, 7) is 10.0. The molecule has 0 spiro atoms. The van der Waals surface area contributed by atoms with Crippen LogP contribution in [0, 0.1) is 13.8 Å². The maximum atomic E-state index is 12.6. The molecule has 2 aromatic rings. The van der Waals surface area contributed by atoms with E-state index in [1.807, 2.05) is 51.1 Å². The molecule has 0 saturated carbocycles. The lowest BCUT2D eigenvalue weighted by atomic mass is 9.94. The average molecular weight is 376 g/mol. The summed E-state index contributed by atoms with van der Waals surface area (Å²) < 4.78 is 33.5. The highest BCUT2D eigenvalue weighted by Crippen LogP contribution is 2.32. The molecule has 0 saturated heterocycles. The minimum absolute atomic E-state index is 0.0239. The minimum Gasteiger partial charge on any atom is -0.496 e. The van der Waals surface area contributed by atoms with Gasteiger partial charge in [0, 0.05) is 6.04 Å².